The summed E-state index contributed by atoms with van der Waals surface area (Å²) in [5.74, 6) is -2.38. The van der Waals surface area contributed by atoms with Gasteiger partial charge in [0, 0.05) is 27.6 Å². The van der Waals surface area contributed by atoms with Gasteiger partial charge in [-0.2, -0.15) is 26.3 Å². The number of hydrogen-bond donors (Lipinski definition) is 1. The van der Waals surface area contributed by atoms with Crippen LogP contribution in [0.1, 0.15) is 33.5 Å². The average molecular weight is 614 g/mol. The number of nitrogens with one attached hydrogen (secondary N) is 1. The van der Waals surface area contributed by atoms with Crippen molar-refractivity contribution >= 4 is 46.8 Å². The Bertz CT molecular complexity index is 1350. The summed E-state index contributed by atoms with van der Waals surface area (Å²) in [5, 5.41) is 5.06. The molecule has 1 aliphatic rings. The molecule has 0 aromatic heterocycles. The van der Waals surface area contributed by atoms with Gasteiger partial charge in [0.1, 0.15) is 13.1 Å². The molecule has 2 aromatic rings. The molecule has 0 fully saturated rings. The van der Waals surface area contributed by atoms with E-state index in [4.69, 9.17) is 28.0 Å². The number of methoxy groups -OCH3 is 1. The molecule has 1 heterocycles. The van der Waals surface area contributed by atoms with Gasteiger partial charge < -0.3 is 14.9 Å². The lowest BCUT2D eigenvalue weighted by atomic mass is 9.86. The molecule has 16 heteroatoms. The molecule has 216 valence electrons. The number of halogens is 8. The molecular formula is C24H19Cl2F6N3O5. The topological polar surface area (TPSA) is 97.3 Å². The van der Waals surface area contributed by atoms with E-state index in [-0.39, 0.29) is 42.9 Å². The molecule has 0 bridgehead atoms. The Hall–Kier alpha value is -3.52. The second kappa shape index (κ2) is 11.5. The maximum absolute atomic E-state index is 14.3. The highest BCUT2D eigenvalue weighted by Gasteiger charge is 2.62. The number of oxime groups is 1. The SMILES string of the molecule is COC(=O)N(CC(=O)NCC(F)(F)F)C(=O)c1ccc(C2=NOC(c3cc(Cl)cc(Cl)c3)(C(F)(F)F)C2)cc1C. The molecule has 2 aromatic carbocycles. The molecule has 0 radical (unpaired) electrons. The smallest absolute Gasteiger partial charge is 0.435 e. The van der Waals surface area contributed by atoms with Gasteiger partial charge >= 0.3 is 18.4 Å². The lowest BCUT2D eigenvalue weighted by molar-refractivity contribution is -0.275. The minimum Gasteiger partial charge on any atom is -0.452 e. The lowest BCUT2D eigenvalue weighted by Gasteiger charge is -2.29. The summed E-state index contributed by atoms with van der Waals surface area (Å²) in [6, 6.07) is 7.05. The van der Waals surface area contributed by atoms with Crippen LogP contribution in [0, 0.1) is 6.92 Å². The van der Waals surface area contributed by atoms with Gasteiger partial charge in [-0.3, -0.25) is 9.59 Å². The maximum Gasteiger partial charge on any atom is 0.435 e. The zero-order chi connectivity index (χ0) is 30.0. The number of ether oxygens (including phenoxy) is 1. The van der Waals surface area contributed by atoms with E-state index in [1.54, 1.807) is 0 Å². The largest absolute Gasteiger partial charge is 0.452 e. The van der Waals surface area contributed by atoms with E-state index < -0.39 is 55.4 Å². The number of nitrogens with zero attached hydrogens (tertiary/aromatic N) is 2. The number of benzene rings is 2. The third-order valence-electron chi connectivity index (χ3n) is 5.73. The van der Waals surface area contributed by atoms with E-state index in [1.807, 2.05) is 0 Å². The Labute approximate surface area is 232 Å². The first-order valence-electron chi connectivity index (χ1n) is 11.1. The van der Waals surface area contributed by atoms with E-state index in [0.29, 0.717) is 0 Å². The van der Waals surface area contributed by atoms with Crippen molar-refractivity contribution in [1.82, 2.24) is 10.2 Å². The third kappa shape index (κ3) is 6.78. The van der Waals surface area contributed by atoms with Gasteiger partial charge in [0.2, 0.25) is 5.91 Å². The number of aryl methyl sites for hydroxylation is 1. The predicted molar refractivity (Wildman–Crippen MR) is 130 cm³/mol. The summed E-state index contributed by atoms with van der Waals surface area (Å²) in [6.07, 6.45) is -11.8. The Morgan fingerprint density at radius 2 is 1.70 bits per heavy atom. The van der Waals surface area contributed by atoms with Gasteiger partial charge in [0.05, 0.1) is 12.8 Å². The van der Waals surface area contributed by atoms with Gasteiger partial charge in [0.15, 0.2) is 0 Å². The first-order chi connectivity index (χ1) is 18.5. The van der Waals surface area contributed by atoms with Crippen LogP contribution in [-0.2, 0) is 20.0 Å². The zero-order valence-corrected chi connectivity index (χ0v) is 22.1. The third-order valence-corrected chi connectivity index (χ3v) is 6.17. The van der Waals surface area contributed by atoms with Crippen molar-refractivity contribution in [3.63, 3.8) is 0 Å². The predicted octanol–water partition coefficient (Wildman–Crippen LogP) is 5.77. The highest BCUT2D eigenvalue weighted by Crippen LogP contribution is 2.49. The number of carbonyl (C=O) groups excluding carboxylic acids is 3. The minimum absolute atomic E-state index is 0.0517. The van der Waals surface area contributed by atoms with Crippen molar-refractivity contribution in [1.29, 1.82) is 0 Å². The van der Waals surface area contributed by atoms with E-state index in [0.717, 1.165) is 25.3 Å². The molecule has 3 rings (SSSR count). The van der Waals surface area contributed by atoms with E-state index >= 15 is 0 Å². The van der Waals surface area contributed by atoms with Crippen molar-refractivity contribution in [2.75, 3.05) is 20.2 Å². The number of amides is 3. The second-order valence-electron chi connectivity index (χ2n) is 8.57. The van der Waals surface area contributed by atoms with Crippen LogP contribution in [0.2, 0.25) is 10.0 Å². The molecule has 8 nitrogen and oxygen atoms in total. The summed E-state index contributed by atoms with van der Waals surface area (Å²) >= 11 is 11.8. The summed E-state index contributed by atoms with van der Waals surface area (Å²) < 4.78 is 84.4. The van der Waals surface area contributed by atoms with Crippen molar-refractivity contribution in [3.05, 3.63) is 68.7 Å². The van der Waals surface area contributed by atoms with Crippen LogP contribution in [0.5, 0.6) is 0 Å². The average Bonchev–Trinajstić information content (AvgIpc) is 3.31. The molecule has 1 aliphatic heterocycles. The number of hydrogen-bond acceptors (Lipinski definition) is 6. The van der Waals surface area contributed by atoms with Crippen molar-refractivity contribution in [3.8, 4) is 0 Å². The Kier molecular flexibility index (Phi) is 8.94. The Balaban J connectivity index is 1.87. The van der Waals surface area contributed by atoms with Crippen LogP contribution in [0.15, 0.2) is 41.6 Å². The standard InChI is InChI=1S/C24H19Cl2F6N3O5/c1-12-5-13(18-9-22(40-34-18,24(30,31)32)14-6-15(25)8-16(26)7-14)3-4-17(12)20(37)35(21(38)39-2)10-19(36)33-11-23(27,28)29/h3-8H,9-11H2,1-2H3,(H,33,36). The van der Waals surface area contributed by atoms with Gasteiger partial charge in [-0.15, -0.1) is 0 Å². The van der Waals surface area contributed by atoms with Crippen molar-refractivity contribution < 1.29 is 50.3 Å². The number of alkyl halides is 6. The highest BCUT2D eigenvalue weighted by atomic mass is 35.5. The molecule has 0 aliphatic carbocycles. The number of carbonyl (C=O) groups is 3. The summed E-state index contributed by atoms with van der Waals surface area (Å²) in [4.78, 5) is 42.3. The maximum atomic E-state index is 14.3. The first-order valence-corrected chi connectivity index (χ1v) is 11.9. The molecule has 0 saturated heterocycles. The molecular weight excluding hydrogens is 595 g/mol. The van der Waals surface area contributed by atoms with Crippen LogP contribution in [0.4, 0.5) is 31.1 Å². The van der Waals surface area contributed by atoms with Gasteiger partial charge in [-0.05, 0) is 48.4 Å². The monoisotopic (exact) mass is 613 g/mol. The molecule has 40 heavy (non-hydrogen) atoms. The van der Waals surface area contributed by atoms with Gasteiger partial charge in [-0.1, -0.05) is 34.4 Å². The zero-order valence-electron chi connectivity index (χ0n) is 20.5. The fourth-order valence-electron chi connectivity index (χ4n) is 3.80. The second-order valence-corrected chi connectivity index (χ2v) is 9.44. The fourth-order valence-corrected chi connectivity index (χ4v) is 4.33. The van der Waals surface area contributed by atoms with Crippen LogP contribution in [-0.4, -0.2) is 61.1 Å². The van der Waals surface area contributed by atoms with Crippen molar-refractivity contribution in [2.45, 2.75) is 31.3 Å². The summed E-state index contributed by atoms with van der Waals surface area (Å²) in [5.41, 5.74) is -3.30. The fraction of sp³-hybridized carbons (Fsp3) is 0.333. The molecule has 1 N–H and O–H groups in total. The van der Waals surface area contributed by atoms with Crippen LogP contribution >= 0.6 is 23.2 Å². The van der Waals surface area contributed by atoms with E-state index in [1.165, 1.54) is 30.4 Å². The number of imide groups is 1. The lowest BCUT2D eigenvalue weighted by Crippen LogP contribution is -2.46. The normalized spacial score (nSPS) is 17.1. The number of rotatable bonds is 6. The summed E-state index contributed by atoms with van der Waals surface area (Å²) in [6.45, 7) is -1.38. The van der Waals surface area contributed by atoms with E-state index in [2.05, 4.69) is 9.89 Å². The highest BCUT2D eigenvalue weighted by molar-refractivity contribution is 6.34. The summed E-state index contributed by atoms with van der Waals surface area (Å²) in [7, 11) is 0.893. The van der Waals surface area contributed by atoms with E-state index in [9.17, 15) is 40.7 Å². The Morgan fingerprint density at radius 3 is 2.23 bits per heavy atom. The molecule has 0 spiro atoms. The van der Waals surface area contributed by atoms with Gasteiger partial charge in [0.25, 0.3) is 11.5 Å². The van der Waals surface area contributed by atoms with Crippen molar-refractivity contribution in [2.24, 2.45) is 5.16 Å². The molecule has 1 atom stereocenters. The van der Waals surface area contributed by atoms with Crippen LogP contribution < -0.4 is 5.32 Å². The molecule has 1 unspecified atom stereocenters. The Morgan fingerprint density at radius 1 is 1.07 bits per heavy atom. The molecule has 0 saturated carbocycles. The quantitative estimate of drug-likeness (QED) is 0.417. The van der Waals surface area contributed by atoms with Crippen LogP contribution in [0.25, 0.3) is 0 Å². The van der Waals surface area contributed by atoms with Crippen LogP contribution in [0.3, 0.4) is 0 Å². The first kappa shape index (κ1) is 31.0. The molecule has 3 amide bonds. The van der Waals surface area contributed by atoms with Gasteiger partial charge in [-0.25, -0.2) is 9.69 Å². The minimum atomic E-state index is -4.94.